The number of benzene rings is 1. The third-order valence-electron chi connectivity index (χ3n) is 6.78. The first-order valence-corrected chi connectivity index (χ1v) is 11.9. The molecular formula is C25H30N8O2. The van der Waals surface area contributed by atoms with Crippen LogP contribution in [0.15, 0.2) is 33.9 Å². The predicted octanol–water partition coefficient (Wildman–Crippen LogP) is 0.882. The lowest BCUT2D eigenvalue weighted by Gasteiger charge is -2.43. The number of nitrogens with two attached hydrogens (primary N) is 1. The van der Waals surface area contributed by atoms with Crippen LogP contribution in [0.25, 0.3) is 10.9 Å². The van der Waals surface area contributed by atoms with Crippen LogP contribution in [-0.4, -0.2) is 56.4 Å². The SMILES string of the molecule is CC#CCN1c2c(n(C)c(=O)[nH]c2=O)N(Cc2nc(C)c3ccccc3n2)C1N1CCCC(N)C1. The number of piperidine rings is 1. The molecule has 0 spiro atoms. The highest BCUT2D eigenvalue weighted by molar-refractivity contribution is 5.80. The van der Waals surface area contributed by atoms with E-state index in [1.54, 1.807) is 14.0 Å². The molecule has 2 aromatic heterocycles. The molecule has 0 aliphatic carbocycles. The van der Waals surface area contributed by atoms with Crippen molar-refractivity contribution in [2.75, 3.05) is 29.4 Å². The van der Waals surface area contributed by atoms with E-state index in [2.05, 4.69) is 21.7 Å². The molecule has 4 heterocycles. The molecule has 1 aromatic carbocycles. The van der Waals surface area contributed by atoms with Crippen LogP contribution in [0.3, 0.4) is 0 Å². The maximum atomic E-state index is 13.1. The third-order valence-corrected chi connectivity index (χ3v) is 6.78. The van der Waals surface area contributed by atoms with Crippen LogP contribution in [0.1, 0.15) is 31.3 Å². The Morgan fingerprint density at radius 3 is 2.77 bits per heavy atom. The fraction of sp³-hybridized carbons (Fsp3) is 0.440. The van der Waals surface area contributed by atoms with Gasteiger partial charge in [-0.2, -0.15) is 0 Å². The van der Waals surface area contributed by atoms with Gasteiger partial charge in [0.15, 0.2) is 6.29 Å². The van der Waals surface area contributed by atoms with Crippen molar-refractivity contribution in [3.8, 4) is 11.8 Å². The Balaban J connectivity index is 1.67. The standard InChI is InChI=1S/C25H30N8O2/c1-4-5-13-32-21-22(34)29-24(35)30(3)23(21)33(25(32)31-12-8-9-17(26)14-31)15-20-27-16(2)18-10-6-7-11-19(18)28-20/h6-7,10-11,17,25H,8-9,12-15,26H2,1-3H3,(H,29,34,35). The van der Waals surface area contributed by atoms with Crippen molar-refractivity contribution in [1.82, 2.24) is 24.4 Å². The molecule has 3 N–H and O–H groups in total. The van der Waals surface area contributed by atoms with Gasteiger partial charge in [-0.3, -0.25) is 19.2 Å². The number of hydrogen-bond acceptors (Lipinski definition) is 8. The van der Waals surface area contributed by atoms with Gasteiger partial charge in [-0.25, -0.2) is 14.8 Å². The van der Waals surface area contributed by atoms with Gasteiger partial charge in [0.05, 0.1) is 18.6 Å². The number of H-pyrrole nitrogens is 1. The summed E-state index contributed by atoms with van der Waals surface area (Å²) in [6, 6.07) is 7.94. The van der Waals surface area contributed by atoms with Gasteiger partial charge >= 0.3 is 5.69 Å². The Morgan fingerprint density at radius 1 is 1.20 bits per heavy atom. The lowest BCUT2D eigenvalue weighted by Crippen LogP contribution is -2.60. The van der Waals surface area contributed by atoms with Crippen molar-refractivity contribution >= 4 is 22.4 Å². The van der Waals surface area contributed by atoms with Crippen molar-refractivity contribution < 1.29 is 0 Å². The lowest BCUT2D eigenvalue weighted by atomic mass is 10.1. The Hall–Kier alpha value is -3.68. The number of anilines is 2. The zero-order chi connectivity index (χ0) is 24.7. The molecule has 0 amide bonds. The molecule has 0 radical (unpaired) electrons. The molecule has 1 fully saturated rings. The highest BCUT2D eigenvalue weighted by atomic mass is 16.2. The number of hydrogen-bond donors (Lipinski definition) is 2. The van der Waals surface area contributed by atoms with Gasteiger partial charge in [-0.15, -0.1) is 5.92 Å². The summed E-state index contributed by atoms with van der Waals surface area (Å²) in [6.07, 6.45) is 1.56. The van der Waals surface area contributed by atoms with Crippen molar-refractivity contribution in [2.45, 2.75) is 45.6 Å². The number of rotatable bonds is 4. The molecule has 10 nitrogen and oxygen atoms in total. The van der Waals surface area contributed by atoms with E-state index >= 15 is 0 Å². The number of fused-ring (bicyclic) bond motifs is 2. The van der Waals surface area contributed by atoms with Gasteiger partial charge < -0.3 is 15.5 Å². The van der Waals surface area contributed by atoms with Gasteiger partial charge in [0.25, 0.3) is 5.56 Å². The normalized spacial score (nSPS) is 20.1. The van der Waals surface area contributed by atoms with Crippen molar-refractivity contribution in [1.29, 1.82) is 0 Å². The Labute approximate surface area is 203 Å². The van der Waals surface area contributed by atoms with Crippen LogP contribution >= 0.6 is 0 Å². The summed E-state index contributed by atoms with van der Waals surface area (Å²) >= 11 is 0. The second-order valence-corrected chi connectivity index (χ2v) is 9.16. The van der Waals surface area contributed by atoms with E-state index in [0.29, 0.717) is 37.0 Å². The summed E-state index contributed by atoms with van der Waals surface area (Å²) in [5.74, 6) is 7.20. The minimum absolute atomic E-state index is 0.0367. The molecule has 2 unspecified atom stereocenters. The topological polar surface area (TPSA) is 116 Å². The third kappa shape index (κ3) is 4.07. The quantitative estimate of drug-likeness (QED) is 0.536. The monoisotopic (exact) mass is 474 g/mol. The van der Waals surface area contributed by atoms with Crippen LogP contribution in [0.5, 0.6) is 0 Å². The zero-order valence-electron chi connectivity index (χ0n) is 20.3. The van der Waals surface area contributed by atoms with Crippen molar-refractivity contribution in [3.63, 3.8) is 0 Å². The molecule has 10 heteroatoms. The highest BCUT2D eigenvalue weighted by Crippen LogP contribution is 2.38. The predicted molar refractivity (Wildman–Crippen MR) is 136 cm³/mol. The second-order valence-electron chi connectivity index (χ2n) is 9.16. The van der Waals surface area contributed by atoms with E-state index in [1.165, 1.54) is 4.57 Å². The average molecular weight is 475 g/mol. The number of nitrogens with zero attached hydrogens (tertiary/aromatic N) is 6. The first-order chi connectivity index (χ1) is 16.9. The van der Waals surface area contributed by atoms with Crippen LogP contribution < -0.4 is 26.8 Å². The number of para-hydroxylation sites is 1. The Morgan fingerprint density at radius 2 is 2.00 bits per heavy atom. The summed E-state index contributed by atoms with van der Waals surface area (Å²) in [6.45, 7) is 5.90. The minimum atomic E-state index is -0.466. The molecule has 1 saturated heterocycles. The van der Waals surface area contributed by atoms with Crippen molar-refractivity contribution in [2.24, 2.45) is 12.8 Å². The molecule has 0 saturated carbocycles. The van der Waals surface area contributed by atoms with E-state index in [-0.39, 0.29) is 12.3 Å². The number of aryl methyl sites for hydroxylation is 1. The van der Waals surface area contributed by atoms with Gasteiger partial charge in [0, 0.05) is 37.3 Å². The number of aromatic nitrogens is 4. The molecule has 182 valence electrons. The summed E-state index contributed by atoms with van der Waals surface area (Å²) in [7, 11) is 1.67. The fourth-order valence-electron chi connectivity index (χ4n) is 5.22. The van der Waals surface area contributed by atoms with E-state index in [1.807, 2.05) is 41.0 Å². The lowest BCUT2D eigenvalue weighted by molar-refractivity contribution is 0.145. The van der Waals surface area contributed by atoms with Gasteiger partial charge in [0.2, 0.25) is 0 Å². The summed E-state index contributed by atoms with van der Waals surface area (Å²) < 4.78 is 1.49. The fourth-order valence-corrected chi connectivity index (χ4v) is 5.22. The number of aromatic amines is 1. The largest absolute Gasteiger partial charge is 0.329 e. The molecule has 35 heavy (non-hydrogen) atoms. The van der Waals surface area contributed by atoms with E-state index < -0.39 is 11.2 Å². The van der Waals surface area contributed by atoms with Crippen molar-refractivity contribution in [3.05, 3.63) is 56.6 Å². The summed E-state index contributed by atoms with van der Waals surface area (Å²) in [5, 5.41) is 1.00. The van der Waals surface area contributed by atoms with E-state index in [0.717, 1.165) is 36.0 Å². The average Bonchev–Trinajstić information content (AvgIpc) is 3.15. The molecule has 0 bridgehead atoms. The summed E-state index contributed by atoms with van der Waals surface area (Å²) in [5.41, 5.74) is 7.63. The first-order valence-electron chi connectivity index (χ1n) is 11.9. The Bertz CT molecular complexity index is 1450. The molecular weight excluding hydrogens is 444 g/mol. The van der Waals surface area contributed by atoms with Gasteiger partial charge in [0.1, 0.15) is 17.3 Å². The van der Waals surface area contributed by atoms with Gasteiger partial charge in [-0.1, -0.05) is 24.1 Å². The molecule has 2 aliphatic heterocycles. The minimum Gasteiger partial charge on any atom is -0.327 e. The van der Waals surface area contributed by atoms with Crippen LogP contribution in [-0.2, 0) is 13.6 Å². The number of likely N-dealkylation sites (tertiary alicyclic amines) is 1. The second kappa shape index (κ2) is 9.17. The maximum Gasteiger partial charge on any atom is 0.329 e. The molecule has 3 aromatic rings. The zero-order valence-corrected chi connectivity index (χ0v) is 20.3. The Kier molecular flexibility index (Phi) is 6.05. The first kappa shape index (κ1) is 23.1. The molecule has 2 aliphatic rings. The highest BCUT2D eigenvalue weighted by Gasteiger charge is 2.44. The van der Waals surface area contributed by atoms with Crippen LogP contribution in [0.2, 0.25) is 0 Å². The molecule has 2 atom stereocenters. The smallest absolute Gasteiger partial charge is 0.327 e. The van der Waals surface area contributed by atoms with E-state index in [9.17, 15) is 9.59 Å². The van der Waals surface area contributed by atoms with Crippen LogP contribution in [0, 0.1) is 18.8 Å². The van der Waals surface area contributed by atoms with E-state index in [4.69, 9.17) is 15.7 Å². The number of nitrogens with one attached hydrogen (secondary N) is 1. The van der Waals surface area contributed by atoms with Gasteiger partial charge in [-0.05, 0) is 32.8 Å². The summed E-state index contributed by atoms with van der Waals surface area (Å²) in [4.78, 5) is 44.1. The van der Waals surface area contributed by atoms with Crippen LogP contribution in [0.4, 0.5) is 11.5 Å². The molecule has 5 rings (SSSR count). The maximum absolute atomic E-state index is 13.1.